The van der Waals surface area contributed by atoms with Crippen LogP contribution in [0.2, 0.25) is 0 Å². The molecule has 1 saturated heterocycles. The third kappa shape index (κ3) is 3.67. The fraction of sp³-hybridized carbons (Fsp3) is 0.571. The summed E-state index contributed by atoms with van der Waals surface area (Å²) >= 11 is 0. The van der Waals surface area contributed by atoms with Crippen LogP contribution in [0.1, 0.15) is 30.1 Å². The molecule has 1 aromatic rings. The monoisotopic (exact) mass is 264 g/mol. The van der Waals surface area contributed by atoms with Gasteiger partial charge in [-0.3, -0.25) is 0 Å². The molecule has 0 spiro atoms. The lowest BCUT2D eigenvalue weighted by molar-refractivity contribution is 0.0600. The minimum atomic E-state index is -0.343. The zero-order chi connectivity index (χ0) is 13.7. The van der Waals surface area contributed by atoms with Gasteiger partial charge in [0.15, 0.2) is 0 Å². The average Bonchev–Trinajstić information content (AvgIpc) is 2.47. The molecule has 0 aromatic carbocycles. The first-order chi connectivity index (χ1) is 9.20. The zero-order valence-electron chi connectivity index (χ0n) is 11.4. The van der Waals surface area contributed by atoms with Gasteiger partial charge in [-0.1, -0.05) is 0 Å². The third-order valence-electron chi connectivity index (χ3n) is 3.53. The van der Waals surface area contributed by atoms with E-state index in [1.807, 2.05) is 0 Å². The minimum Gasteiger partial charge on any atom is -0.465 e. The van der Waals surface area contributed by atoms with Gasteiger partial charge >= 0.3 is 5.97 Å². The van der Waals surface area contributed by atoms with Crippen molar-refractivity contribution in [3.05, 3.63) is 23.9 Å². The molecule has 2 heterocycles. The van der Waals surface area contributed by atoms with Crippen molar-refractivity contribution in [2.75, 3.05) is 25.6 Å². The van der Waals surface area contributed by atoms with Gasteiger partial charge in [-0.05, 0) is 37.8 Å². The SMILES string of the molecule is COC(=O)c1ccnc(NC(C)C2CCOCC2)c1. The molecule has 1 N–H and O–H groups in total. The molecular weight excluding hydrogens is 244 g/mol. The Kier molecular flexibility index (Phi) is 4.74. The Morgan fingerprint density at radius 3 is 2.95 bits per heavy atom. The van der Waals surface area contributed by atoms with Crippen molar-refractivity contribution < 1.29 is 14.3 Å². The molecule has 1 fully saturated rings. The molecule has 104 valence electrons. The molecule has 0 amide bonds. The maximum Gasteiger partial charge on any atom is 0.338 e. The number of rotatable bonds is 4. The molecule has 2 rings (SSSR count). The van der Waals surface area contributed by atoms with Crippen molar-refractivity contribution in [3.8, 4) is 0 Å². The zero-order valence-corrected chi connectivity index (χ0v) is 11.4. The van der Waals surface area contributed by atoms with Gasteiger partial charge in [-0.2, -0.15) is 0 Å². The Hall–Kier alpha value is -1.62. The molecular formula is C14H20N2O3. The quantitative estimate of drug-likeness (QED) is 0.844. The van der Waals surface area contributed by atoms with Crippen LogP contribution in [0.4, 0.5) is 5.82 Å². The number of ether oxygens (including phenoxy) is 2. The summed E-state index contributed by atoms with van der Waals surface area (Å²) in [5.41, 5.74) is 0.513. The van der Waals surface area contributed by atoms with Gasteiger partial charge in [0, 0.05) is 25.5 Å². The largest absolute Gasteiger partial charge is 0.465 e. The summed E-state index contributed by atoms with van der Waals surface area (Å²) in [7, 11) is 1.38. The molecule has 0 saturated carbocycles. The van der Waals surface area contributed by atoms with E-state index in [0.29, 0.717) is 23.3 Å². The number of nitrogens with zero attached hydrogens (tertiary/aromatic N) is 1. The molecule has 5 heteroatoms. The number of carbonyl (C=O) groups excluding carboxylic acids is 1. The summed E-state index contributed by atoms with van der Waals surface area (Å²) in [4.78, 5) is 15.7. The van der Waals surface area contributed by atoms with E-state index < -0.39 is 0 Å². The summed E-state index contributed by atoms with van der Waals surface area (Å²) in [6.07, 6.45) is 3.74. The second-order valence-corrected chi connectivity index (χ2v) is 4.80. The minimum absolute atomic E-state index is 0.310. The van der Waals surface area contributed by atoms with Crippen molar-refractivity contribution in [1.82, 2.24) is 4.98 Å². The molecule has 0 aliphatic carbocycles. The first kappa shape index (κ1) is 13.8. The highest BCUT2D eigenvalue weighted by molar-refractivity contribution is 5.89. The van der Waals surface area contributed by atoms with Crippen molar-refractivity contribution in [3.63, 3.8) is 0 Å². The smallest absolute Gasteiger partial charge is 0.338 e. The van der Waals surface area contributed by atoms with Crippen LogP contribution in [0.25, 0.3) is 0 Å². The van der Waals surface area contributed by atoms with Crippen LogP contribution < -0.4 is 5.32 Å². The van der Waals surface area contributed by atoms with Crippen molar-refractivity contribution in [2.45, 2.75) is 25.8 Å². The van der Waals surface area contributed by atoms with Crippen LogP contribution in [0.15, 0.2) is 18.3 Å². The highest BCUT2D eigenvalue weighted by Crippen LogP contribution is 2.21. The molecule has 0 bridgehead atoms. The number of esters is 1. The fourth-order valence-electron chi connectivity index (χ4n) is 2.32. The van der Waals surface area contributed by atoms with Crippen LogP contribution in [0.5, 0.6) is 0 Å². The van der Waals surface area contributed by atoms with E-state index in [4.69, 9.17) is 9.47 Å². The Labute approximate surface area is 113 Å². The average molecular weight is 264 g/mol. The first-order valence-electron chi connectivity index (χ1n) is 6.59. The van der Waals surface area contributed by atoms with E-state index in [0.717, 1.165) is 26.1 Å². The number of methoxy groups -OCH3 is 1. The molecule has 5 nitrogen and oxygen atoms in total. The predicted octanol–water partition coefficient (Wildman–Crippen LogP) is 2.10. The summed E-state index contributed by atoms with van der Waals surface area (Å²) in [5.74, 6) is 0.948. The molecule has 1 atom stereocenters. The Balaban J connectivity index is 1.99. The number of anilines is 1. The van der Waals surface area contributed by atoms with Gasteiger partial charge < -0.3 is 14.8 Å². The molecule has 1 aliphatic rings. The normalized spacial score (nSPS) is 17.8. The van der Waals surface area contributed by atoms with E-state index in [1.54, 1.807) is 18.3 Å². The summed E-state index contributed by atoms with van der Waals surface area (Å²) in [5, 5.41) is 3.36. The lowest BCUT2D eigenvalue weighted by atomic mass is 9.93. The summed E-state index contributed by atoms with van der Waals surface area (Å²) in [6.45, 7) is 3.79. The number of nitrogens with one attached hydrogen (secondary N) is 1. The Bertz CT molecular complexity index is 430. The highest BCUT2D eigenvalue weighted by atomic mass is 16.5. The van der Waals surface area contributed by atoms with Gasteiger partial charge in [0.25, 0.3) is 0 Å². The lowest BCUT2D eigenvalue weighted by Crippen LogP contribution is -2.31. The van der Waals surface area contributed by atoms with Gasteiger partial charge in [0.1, 0.15) is 5.82 Å². The number of hydrogen-bond acceptors (Lipinski definition) is 5. The van der Waals surface area contributed by atoms with Crippen molar-refractivity contribution >= 4 is 11.8 Å². The predicted molar refractivity (Wildman–Crippen MR) is 72.2 cm³/mol. The number of carbonyl (C=O) groups is 1. The van der Waals surface area contributed by atoms with Gasteiger partial charge in [0.05, 0.1) is 12.7 Å². The standard InChI is InChI=1S/C14H20N2O3/c1-10(11-4-7-19-8-5-11)16-13-9-12(3-6-15-13)14(17)18-2/h3,6,9-11H,4-5,7-8H2,1-2H3,(H,15,16). The number of aromatic nitrogens is 1. The second-order valence-electron chi connectivity index (χ2n) is 4.80. The Morgan fingerprint density at radius 2 is 2.26 bits per heavy atom. The van der Waals surface area contributed by atoms with Crippen molar-refractivity contribution in [1.29, 1.82) is 0 Å². The molecule has 0 radical (unpaired) electrons. The van der Waals surface area contributed by atoms with E-state index in [-0.39, 0.29) is 5.97 Å². The molecule has 19 heavy (non-hydrogen) atoms. The maximum atomic E-state index is 11.5. The van der Waals surface area contributed by atoms with Gasteiger partial charge in [-0.25, -0.2) is 9.78 Å². The lowest BCUT2D eigenvalue weighted by Gasteiger charge is -2.28. The fourth-order valence-corrected chi connectivity index (χ4v) is 2.32. The summed E-state index contributed by atoms with van der Waals surface area (Å²) in [6, 6.07) is 3.68. The highest BCUT2D eigenvalue weighted by Gasteiger charge is 2.20. The van der Waals surface area contributed by atoms with Gasteiger partial charge in [-0.15, -0.1) is 0 Å². The molecule has 1 aromatic heterocycles. The van der Waals surface area contributed by atoms with E-state index in [9.17, 15) is 4.79 Å². The summed E-state index contributed by atoms with van der Waals surface area (Å²) < 4.78 is 10.1. The maximum absolute atomic E-state index is 11.5. The topological polar surface area (TPSA) is 60.5 Å². The van der Waals surface area contributed by atoms with E-state index in [2.05, 4.69) is 17.2 Å². The van der Waals surface area contributed by atoms with Crippen LogP contribution >= 0.6 is 0 Å². The van der Waals surface area contributed by atoms with Crippen molar-refractivity contribution in [2.24, 2.45) is 5.92 Å². The van der Waals surface area contributed by atoms with Crippen LogP contribution in [-0.2, 0) is 9.47 Å². The van der Waals surface area contributed by atoms with Crippen LogP contribution in [0.3, 0.4) is 0 Å². The van der Waals surface area contributed by atoms with E-state index in [1.165, 1.54) is 7.11 Å². The number of hydrogen-bond donors (Lipinski definition) is 1. The molecule has 1 unspecified atom stereocenters. The first-order valence-corrected chi connectivity index (χ1v) is 6.59. The third-order valence-corrected chi connectivity index (χ3v) is 3.53. The number of pyridine rings is 1. The van der Waals surface area contributed by atoms with Gasteiger partial charge in [0.2, 0.25) is 0 Å². The van der Waals surface area contributed by atoms with Crippen LogP contribution in [-0.4, -0.2) is 37.3 Å². The van der Waals surface area contributed by atoms with Crippen LogP contribution in [0, 0.1) is 5.92 Å². The Morgan fingerprint density at radius 1 is 1.53 bits per heavy atom. The molecule has 1 aliphatic heterocycles. The second kappa shape index (κ2) is 6.52. The van der Waals surface area contributed by atoms with E-state index >= 15 is 0 Å².